The number of hydrogen-bond donors (Lipinski definition) is 1. The molecule has 3 rings (SSSR count). The van der Waals surface area contributed by atoms with Crippen molar-refractivity contribution in [1.82, 2.24) is 4.90 Å². The molecule has 29 heavy (non-hydrogen) atoms. The zero-order valence-corrected chi connectivity index (χ0v) is 17.2. The Hall–Kier alpha value is -2.86. The van der Waals surface area contributed by atoms with Gasteiger partial charge in [0.05, 0.1) is 24.5 Å². The van der Waals surface area contributed by atoms with Crippen LogP contribution >= 0.6 is 0 Å². The van der Waals surface area contributed by atoms with Crippen molar-refractivity contribution in [2.24, 2.45) is 0 Å². The number of anilines is 1. The molecule has 0 aliphatic carbocycles. The van der Waals surface area contributed by atoms with Crippen LogP contribution in [0.4, 0.5) is 5.69 Å². The van der Waals surface area contributed by atoms with Crippen LogP contribution in [0.3, 0.4) is 0 Å². The zero-order chi connectivity index (χ0) is 20.8. The van der Waals surface area contributed by atoms with Gasteiger partial charge in [-0.2, -0.15) is 0 Å². The van der Waals surface area contributed by atoms with Gasteiger partial charge in [0.1, 0.15) is 5.75 Å². The lowest BCUT2D eigenvalue weighted by atomic mass is 10.0. The number of para-hydroxylation sites is 1. The number of benzene rings is 2. The van der Waals surface area contributed by atoms with E-state index in [0.29, 0.717) is 49.2 Å². The van der Waals surface area contributed by atoms with Gasteiger partial charge in [0.15, 0.2) is 6.10 Å². The van der Waals surface area contributed by atoms with Crippen LogP contribution < -0.4 is 10.1 Å². The number of morpholine rings is 1. The van der Waals surface area contributed by atoms with Gasteiger partial charge in [0, 0.05) is 13.1 Å². The first-order valence-electron chi connectivity index (χ1n) is 9.99. The molecule has 6 nitrogen and oxygen atoms in total. The number of carbonyl (C=O) groups excluding carboxylic acids is 2. The lowest BCUT2D eigenvalue weighted by Crippen LogP contribution is -2.41. The van der Waals surface area contributed by atoms with Gasteiger partial charge in [-0.3, -0.25) is 9.59 Å². The quantitative estimate of drug-likeness (QED) is 0.809. The molecule has 0 saturated carbocycles. The Morgan fingerprint density at radius 2 is 1.66 bits per heavy atom. The van der Waals surface area contributed by atoms with Crippen LogP contribution in [0.5, 0.6) is 5.75 Å². The molecule has 0 bridgehead atoms. The minimum atomic E-state index is -0.702. The molecule has 154 valence electrons. The van der Waals surface area contributed by atoms with E-state index in [4.69, 9.17) is 9.47 Å². The molecule has 0 aromatic heterocycles. The average molecular weight is 396 g/mol. The van der Waals surface area contributed by atoms with Gasteiger partial charge < -0.3 is 19.7 Å². The summed E-state index contributed by atoms with van der Waals surface area (Å²) in [6, 6.07) is 14.8. The third-order valence-corrected chi connectivity index (χ3v) is 4.94. The highest BCUT2D eigenvalue weighted by atomic mass is 16.5. The lowest BCUT2D eigenvalue weighted by Gasteiger charge is -2.27. The van der Waals surface area contributed by atoms with Crippen molar-refractivity contribution in [3.63, 3.8) is 0 Å². The van der Waals surface area contributed by atoms with Crippen molar-refractivity contribution in [2.75, 3.05) is 31.6 Å². The van der Waals surface area contributed by atoms with E-state index in [1.54, 1.807) is 36.1 Å². The Bertz CT molecular complexity index is 842. The van der Waals surface area contributed by atoms with Crippen LogP contribution in [0.15, 0.2) is 48.5 Å². The van der Waals surface area contributed by atoms with Gasteiger partial charge in [-0.25, -0.2) is 0 Å². The molecule has 6 heteroatoms. The summed E-state index contributed by atoms with van der Waals surface area (Å²) in [5.74, 6) is 0.655. The molecule has 1 fully saturated rings. The van der Waals surface area contributed by atoms with Gasteiger partial charge >= 0.3 is 0 Å². The predicted molar refractivity (Wildman–Crippen MR) is 112 cm³/mol. The fourth-order valence-corrected chi connectivity index (χ4v) is 3.14. The summed E-state index contributed by atoms with van der Waals surface area (Å²) < 4.78 is 11.1. The first-order chi connectivity index (χ1) is 14.0. The van der Waals surface area contributed by atoms with E-state index >= 15 is 0 Å². The second-order valence-corrected chi connectivity index (χ2v) is 7.42. The van der Waals surface area contributed by atoms with Gasteiger partial charge in [0.2, 0.25) is 0 Å². The van der Waals surface area contributed by atoms with E-state index in [0.717, 1.165) is 0 Å². The molecule has 2 aromatic carbocycles. The molecular formula is C23H28N2O4. The molecular weight excluding hydrogens is 368 g/mol. The fraction of sp³-hybridized carbons (Fsp3) is 0.391. The van der Waals surface area contributed by atoms with Crippen molar-refractivity contribution in [2.45, 2.75) is 32.8 Å². The highest BCUT2D eigenvalue weighted by Gasteiger charge is 2.23. The number of rotatable bonds is 6. The Labute approximate surface area is 171 Å². The Morgan fingerprint density at radius 3 is 2.31 bits per heavy atom. The second-order valence-electron chi connectivity index (χ2n) is 7.42. The van der Waals surface area contributed by atoms with Gasteiger partial charge in [-0.1, -0.05) is 38.1 Å². The van der Waals surface area contributed by atoms with Crippen LogP contribution in [0.1, 0.15) is 42.6 Å². The summed E-state index contributed by atoms with van der Waals surface area (Å²) in [4.78, 5) is 27.2. The maximum atomic E-state index is 12.8. The fourth-order valence-electron chi connectivity index (χ4n) is 3.14. The van der Waals surface area contributed by atoms with Crippen molar-refractivity contribution in [3.05, 3.63) is 59.7 Å². The molecule has 1 saturated heterocycles. The van der Waals surface area contributed by atoms with Crippen molar-refractivity contribution in [1.29, 1.82) is 0 Å². The molecule has 0 unspecified atom stereocenters. The molecule has 1 aliphatic heterocycles. The van der Waals surface area contributed by atoms with Crippen LogP contribution in [-0.4, -0.2) is 49.1 Å². The van der Waals surface area contributed by atoms with E-state index in [1.165, 1.54) is 5.56 Å². The second kappa shape index (κ2) is 9.56. The number of hydrogen-bond acceptors (Lipinski definition) is 4. The van der Waals surface area contributed by atoms with Gasteiger partial charge in [-0.15, -0.1) is 0 Å². The predicted octanol–water partition coefficient (Wildman–Crippen LogP) is 3.69. The van der Waals surface area contributed by atoms with Gasteiger partial charge in [0.25, 0.3) is 11.8 Å². The number of nitrogens with zero attached hydrogens (tertiary/aromatic N) is 1. The summed E-state index contributed by atoms with van der Waals surface area (Å²) in [6.07, 6.45) is -0.702. The van der Waals surface area contributed by atoms with E-state index in [2.05, 4.69) is 19.2 Å². The average Bonchev–Trinajstić information content (AvgIpc) is 2.74. The van der Waals surface area contributed by atoms with E-state index < -0.39 is 6.10 Å². The van der Waals surface area contributed by atoms with Crippen LogP contribution in [0.25, 0.3) is 0 Å². The number of carbonyl (C=O) groups is 2. The van der Waals surface area contributed by atoms with E-state index in [-0.39, 0.29) is 11.8 Å². The van der Waals surface area contributed by atoms with Crippen LogP contribution in [0, 0.1) is 0 Å². The summed E-state index contributed by atoms with van der Waals surface area (Å²) in [5, 5.41) is 2.84. The molecule has 1 heterocycles. The van der Waals surface area contributed by atoms with Crippen LogP contribution in [0.2, 0.25) is 0 Å². The smallest absolute Gasteiger partial charge is 0.265 e. The number of nitrogens with one attached hydrogen (secondary N) is 1. The van der Waals surface area contributed by atoms with Crippen molar-refractivity contribution < 1.29 is 19.1 Å². The molecule has 2 aromatic rings. The third-order valence-electron chi connectivity index (χ3n) is 4.94. The molecule has 1 N–H and O–H groups in total. The minimum Gasteiger partial charge on any atom is -0.481 e. The summed E-state index contributed by atoms with van der Waals surface area (Å²) >= 11 is 0. The summed E-state index contributed by atoms with van der Waals surface area (Å²) in [7, 11) is 0. The molecule has 0 radical (unpaired) electrons. The van der Waals surface area contributed by atoms with E-state index in [9.17, 15) is 9.59 Å². The minimum absolute atomic E-state index is 0.109. The maximum Gasteiger partial charge on any atom is 0.265 e. The normalized spacial score (nSPS) is 15.1. The summed E-state index contributed by atoms with van der Waals surface area (Å²) in [5.41, 5.74) is 2.17. The number of ether oxygens (including phenoxy) is 2. The first-order valence-corrected chi connectivity index (χ1v) is 9.99. The standard InChI is InChI=1S/C23H28N2O4/c1-16(2)18-8-10-19(11-9-18)29-17(3)22(26)24-21-7-5-4-6-20(21)23(27)25-12-14-28-15-13-25/h4-11,16-17H,12-15H2,1-3H3,(H,24,26)/t17-/m0/s1. The third kappa shape index (κ3) is 5.35. The maximum absolute atomic E-state index is 12.8. The molecule has 2 amide bonds. The Balaban J connectivity index is 1.66. The Morgan fingerprint density at radius 1 is 1.00 bits per heavy atom. The summed E-state index contributed by atoms with van der Waals surface area (Å²) in [6.45, 7) is 8.10. The van der Waals surface area contributed by atoms with Crippen molar-refractivity contribution >= 4 is 17.5 Å². The SMILES string of the molecule is CC(C)c1ccc(O[C@@H](C)C(=O)Nc2ccccc2C(=O)N2CCOCC2)cc1. The zero-order valence-electron chi connectivity index (χ0n) is 17.2. The number of amides is 2. The molecule has 1 atom stereocenters. The molecule has 1 aliphatic rings. The van der Waals surface area contributed by atoms with Crippen molar-refractivity contribution in [3.8, 4) is 5.75 Å². The lowest BCUT2D eigenvalue weighted by molar-refractivity contribution is -0.122. The Kier molecular flexibility index (Phi) is 6.88. The van der Waals surface area contributed by atoms with Crippen LogP contribution in [-0.2, 0) is 9.53 Å². The monoisotopic (exact) mass is 396 g/mol. The first kappa shape index (κ1) is 20.9. The highest BCUT2D eigenvalue weighted by Crippen LogP contribution is 2.21. The van der Waals surface area contributed by atoms with E-state index in [1.807, 2.05) is 24.3 Å². The highest BCUT2D eigenvalue weighted by molar-refractivity contribution is 6.04. The molecule has 0 spiro atoms. The van der Waals surface area contributed by atoms with Gasteiger partial charge in [-0.05, 0) is 42.7 Å². The topological polar surface area (TPSA) is 67.9 Å². The largest absolute Gasteiger partial charge is 0.481 e.